The summed E-state index contributed by atoms with van der Waals surface area (Å²) in [6.07, 6.45) is -2.01. The van der Waals surface area contributed by atoms with Crippen LogP contribution in [0.15, 0.2) is 17.1 Å². The van der Waals surface area contributed by atoms with Crippen molar-refractivity contribution in [3.05, 3.63) is 23.5 Å². The molecule has 0 saturated heterocycles. The zero-order valence-electron chi connectivity index (χ0n) is 7.73. The Morgan fingerprint density at radius 2 is 2.14 bits per heavy atom. The molecule has 0 aliphatic heterocycles. The van der Waals surface area contributed by atoms with Gasteiger partial charge in [-0.05, 0) is 18.6 Å². The third-order valence-corrected chi connectivity index (χ3v) is 1.60. The second kappa shape index (κ2) is 4.30. The average Bonchev–Trinajstić information content (AvgIpc) is 2.52. The summed E-state index contributed by atoms with van der Waals surface area (Å²) in [6.45, 7) is 2.58. The highest BCUT2D eigenvalue weighted by atomic mass is 19.4. The van der Waals surface area contributed by atoms with Crippen LogP contribution in [-0.2, 0) is 6.18 Å². The molecule has 0 saturated carbocycles. The van der Waals surface area contributed by atoms with E-state index in [0.717, 1.165) is 12.5 Å². The molecule has 78 valence electrons. The first-order valence-electron chi connectivity index (χ1n) is 4.30. The van der Waals surface area contributed by atoms with Gasteiger partial charge in [0.2, 0.25) is 0 Å². The van der Waals surface area contributed by atoms with Crippen molar-refractivity contribution in [1.82, 2.24) is 4.98 Å². The Bertz CT molecular complexity index is 312. The smallest absolute Gasteiger partial charge is 0.350 e. The van der Waals surface area contributed by atoms with Crippen LogP contribution in [-0.4, -0.2) is 17.7 Å². The van der Waals surface area contributed by atoms with Gasteiger partial charge < -0.3 is 4.98 Å². The average molecular weight is 204 g/mol. The first kappa shape index (κ1) is 10.8. The molecule has 0 radical (unpaired) electrons. The maximum absolute atomic E-state index is 12.1. The fourth-order valence-corrected chi connectivity index (χ4v) is 0.945. The number of hydrogen-bond donors (Lipinski definition) is 1. The summed E-state index contributed by atoms with van der Waals surface area (Å²) in [5.41, 5.74) is -0.360. The van der Waals surface area contributed by atoms with E-state index in [-0.39, 0.29) is 0 Å². The number of hydrogen-bond acceptors (Lipinski definition) is 1. The molecule has 0 amide bonds. The molecule has 2 nitrogen and oxygen atoms in total. The maximum atomic E-state index is 12.1. The molecule has 0 aliphatic rings. The highest BCUT2D eigenvalue weighted by Crippen LogP contribution is 2.27. The molecule has 5 heteroatoms. The van der Waals surface area contributed by atoms with Crippen molar-refractivity contribution in [3.8, 4) is 0 Å². The van der Waals surface area contributed by atoms with Crippen molar-refractivity contribution >= 4 is 6.21 Å². The Balaban J connectivity index is 2.69. The molecule has 1 rings (SSSR count). The van der Waals surface area contributed by atoms with E-state index in [2.05, 4.69) is 9.98 Å². The molecule has 0 aliphatic carbocycles. The van der Waals surface area contributed by atoms with E-state index in [1.54, 1.807) is 0 Å². The summed E-state index contributed by atoms with van der Waals surface area (Å²) in [6, 6.07) is 2.37. The number of aromatic amines is 1. The quantitative estimate of drug-likeness (QED) is 0.733. The van der Waals surface area contributed by atoms with Crippen molar-refractivity contribution in [2.75, 3.05) is 6.54 Å². The number of nitrogens with zero attached hydrogens (tertiary/aromatic N) is 1. The predicted molar refractivity (Wildman–Crippen MR) is 48.5 cm³/mol. The second-order valence-corrected chi connectivity index (χ2v) is 2.86. The van der Waals surface area contributed by atoms with Gasteiger partial charge in [0, 0.05) is 12.8 Å². The fourth-order valence-electron chi connectivity index (χ4n) is 0.945. The number of alkyl halides is 3. The molecule has 0 atom stereocenters. The molecule has 14 heavy (non-hydrogen) atoms. The minimum atomic E-state index is -4.31. The highest BCUT2D eigenvalue weighted by Gasteiger charge is 2.31. The van der Waals surface area contributed by atoms with Gasteiger partial charge in [0.05, 0.1) is 5.69 Å². The van der Waals surface area contributed by atoms with Crippen LogP contribution in [0.25, 0.3) is 0 Å². The van der Waals surface area contributed by atoms with Crippen LogP contribution in [0.3, 0.4) is 0 Å². The summed E-state index contributed by atoms with van der Waals surface area (Å²) in [7, 11) is 0. The van der Waals surface area contributed by atoms with Crippen molar-refractivity contribution in [2.45, 2.75) is 19.5 Å². The molecule has 1 aromatic rings. The zero-order chi connectivity index (χ0) is 10.6. The van der Waals surface area contributed by atoms with Crippen LogP contribution in [0.1, 0.15) is 24.7 Å². The van der Waals surface area contributed by atoms with Gasteiger partial charge in [-0.15, -0.1) is 0 Å². The minimum Gasteiger partial charge on any atom is -0.350 e. The van der Waals surface area contributed by atoms with Gasteiger partial charge in [-0.25, -0.2) is 0 Å². The van der Waals surface area contributed by atoms with Gasteiger partial charge in [0.25, 0.3) is 0 Å². The molecule has 0 bridgehead atoms. The number of aromatic nitrogens is 1. The number of halogens is 3. The molecule has 1 N–H and O–H groups in total. The molecule has 1 aromatic heterocycles. The molecular formula is C9H11F3N2. The fraction of sp³-hybridized carbons (Fsp3) is 0.444. The van der Waals surface area contributed by atoms with Crippen LogP contribution in [0.4, 0.5) is 13.2 Å². The summed E-state index contributed by atoms with van der Waals surface area (Å²) in [5.74, 6) is 0. The molecule has 0 aromatic carbocycles. The Labute approximate surface area is 79.9 Å². The monoisotopic (exact) mass is 204 g/mol. The standard InChI is InChI=1S/C9H11F3N2/c1-2-5-13-6-7-3-4-8(14-7)9(10,11)12/h3-4,6,14H,2,5H2,1H3. The zero-order valence-corrected chi connectivity index (χ0v) is 7.73. The van der Waals surface area contributed by atoms with Crippen molar-refractivity contribution in [3.63, 3.8) is 0 Å². The third-order valence-electron chi connectivity index (χ3n) is 1.60. The summed E-state index contributed by atoms with van der Waals surface area (Å²) in [4.78, 5) is 6.17. The van der Waals surface area contributed by atoms with Crippen LogP contribution in [0.5, 0.6) is 0 Å². The lowest BCUT2D eigenvalue weighted by Crippen LogP contribution is -2.05. The van der Waals surface area contributed by atoms with Gasteiger partial charge in [0.1, 0.15) is 5.69 Å². The summed E-state index contributed by atoms with van der Waals surface area (Å²) in [5, 5.41) is 0. The number of aliphatic imine (C=N–C) groups is 1. The molecule has 0 fully saturated rings. The minimum absolute atomic E-state index is 0.380. The van der Waals surface area contributed by atoms with E-state index in [1.807, 2.05) is 6.92 Å². The third kappa shape index (κ3) is 2.90. The molecule has 0 unspecified atom stereocenters. The van der Waals surface area contributed by atoms with E-state index in [1.165, 1.54) is 12.3 Å². The Hall–Kier alpha value is -1.26. The largest absolute Gasteiger partial charge is 0.431 e. The van der Waals surface area contributed by atoms with Gasteiger partial charge in [0.15, 0.2) is 0 Å². The SMILES string of the molecule is CCCN=Cc1ccc(C(F)(F)F)[nH]1. The molecular weight excluding hydrogens is 193 g/mol. The normalized spacial score (nSPS) is 12.6. The van der Waals surface area contributed by atoms with Gasteiger partial charge >= 0.3 is 6.18 Å². The maximum Gasteiger partial charge on any atom is 0.431 e. The van der Waals surface area contributed by atoms with Crippen LogP contribution >= 0.6 is 0 Å². The Morgan fingerprint density at radius 1 is 1.43 bits per heavy atom. The van der Waals surface area contributed by atoms with Crippen molar-refractivity contribution < 1.29 is 13.2 Å². The van der Waals surface area contributed by atoms with Gasteiger partial charge in [-0.3, -0.25) is 4.99 Å². The van der Waals surface area contributed by atoms with Gasteiger partial charge in [-0.2, -0.15) is 13.2 Å². The van der Waals surface area contributed by atoms with Crippen LogP contribution in [0, 0.1) is 0 Å². The van der Waals surface area contributed by atoms with E-state index in [0.29, 0.717) is 12.2 Å². The first-order chi connectivity index (χ1) is 6.54. The van der Waals surface area contributed by atoms with E-state index in [9.17, 15) is 13.2 Å². The number of H-pyrrole nitrogens is 1. The van der Waals surface area contributed by atoms with E-state index < -0.39 is 11.9 Å². The van der Waals surface area contributed by atoms with E-state index >= 15 is 0 Å². The van der Waals surface area contributed by atoms with Crippen LogP contribution in [0.2, 0.25) is 0 Å². The highest BCUT2D eigenvalue weighted by molar-refractivity contribution is 5.77. The number of rotatable bonds is 3. The molecule has 0 spiro atoms. The summed E-state index contributed by atoms with van der Waals surface area (Å²) >= 11 is 0. The Kier molecular flexibility index (Phi) is 3.33. The number of nitrogens with one attached hydrogen (secondary N) is 1. The van der Waals surface area contributed by atoms with Crippen LogP contribution < -0.4 is 0 Å². The van der Waals surface area contributed by atoms with E-state index in [4.69, 9.17) is 0 Å². The van der Waals surface area contributed by atoms with Gasteiger partial charge in [-0.1, -0.05) is 6.92 Å². The Morgan fingerprint density at radius 3 is 2.64 bits per heavy atom. The van der Waals surface area contributed by atoms with Crippen molar-refractivity contribution in [1.29, 1.82) is 0 Å². The predicted octanol–water partition coefficient (Wildman–Crippen LogP) is 2.86. The van der Waals surface area contributed by atoms with Crippen molar-refractivity contribution in [2.24, 2.45) is 4.99 Å². The lowest BCUT2D eigenvalue weighted by atomic mass is 10.4. The topological polar surface area (TPSA) is 28.1 Å². The lowest BCUT2D eigenvalue weighted by Gasteiger charge is -2.01. The second-order valence-electron chi connectivity index (χ2n) is 2.86. The summed E-state index contributed by atoms with van der Waals surface area (Å²) < 4.78 is 36.3. The first-order valence-corrected chi connectivity index (χ1v) is 4.30. The lowest BCUT2D eigenvalue weighted by molar-refractivity contribution is -0.140. The molecule has 1 heterocycles.